The Morgan fingerprint density at radius 3 is 2.69 bits per heavy atom. The first-order valence-electron chi connectivity index (χ1n) is 13.2. The first kappa shape index (κ1) is 24.2. The van der Waals surface area contributed by atoms with Gasteiger partial charge >= 0.3 is 5.97 Å². The van der Waals surface area contributed by atoms with E-state index < -0.39 is 5.97 Å². The number of benzene rings is 1. The molecule has 2 fully saturated rings. The zero-order valence-electron chi connectivity index (χ0n) is 21.5. The zero-order chi connectivity index (χ0) is 26.7. The second kappa shape index (κ2) is 9.09. The molecule has 4 aromatic rings. The summed E-state index contributed by atoms with van der Waals surface area (Å²) < 4.78 is 11.4. The topological polar surface area (TPSA) is 102 Å². The summed E-state index contributed by atoms with van der Waals surface area (Å²) >= 11 is 6.49. The van der Waals surface area contributed by atoms with E-state index in [4.69, 9.17) is 20.9 Å². The number of aromatic nitrogens is 3. The van der Waals surface area contributed by atoms with Gasteiger partial charge in [-0.15, -0.1) is 0 Å². The Morgan fingerprint density at radius 1 is 1.21 bits per heavy atom. The highest BCUT2D eigenvalue weighted by Crippen LogP contribution is 2.56. The summed E-state index contributed by atoms with van der Waals surface area (Å²) in [6.07, 6.45) is 11.2. The number of pyridine rings is 2. The summed E-state index contributed by atoms with van der Waals surface area (Å²) in [6.45, 7) is 1.86. The quantitative estimate of drug-likeness (QED) is 0.291. The average Bonchev–Trinajstić information content (AvgIpc) is 3.69. The van der Waals surface area contributed by atoms with Gasteiger partial charge in [-0.1, -0.05) is 22.8 Å². The van der Waals surface area contributed by atoms with Crippen molar-refractivity contribution in [3.05, 3.63) is 70.8 Å². The molecule has 1 saturated carbocycles. The van der Waals surface area contributed by atoms with Crippen LogP contribution in [0.25, 0.3) is 27.7 Å². The van der Waals surface area contributed by atoms with Crippen molar-refractivity contribution in [2.45, 2.75) is 38.0 Å². The van der Waals surface area contributed by atoms with Crippen molar-refractivity contribution in [3.63, 3.8) is 0 Å². The smallest absolute Gasteiger partial charge is 0.354 e. The van der Waals surface area contributed by atoms with E-state index >= 15 is 0 Å². The number of carboxylic acids is 1. The molecule has 0 radical (unpaired) electrons. The maximum atomic E-state index is 11.4. The van der Waals surface area contributed by atoms with Gasteiger partial charge in [0, 0.05) is 59.7 Å². The van der Waals surface area contributed by atoms with Gasteiger partial charge in [-0.3, -0.25) is 4.98 Å². The minimum absolute atomic E-state index is 0.0217. The first-order chi connectivity index (χ1) is 18.9. The van der Waals surface area contributed by atoms with Crippen molar-refractivity contribution >= 4 is 39.7 Å². The SMILES string of the molecule is COc1cc(C(=O)O)nc2ccc(N3CCC4(C=C(c5c(-c6ccncc6Cl)noc5C5CC5)C4)CC3)cc12. The highest BCUT2D eigenvalue weighted by atomic mass is 35.5. The third-order valence-corrected chi connectivity index (χ3v) is 8.66. The number of carbonyl (C=O) groups is 1. The molecule has 2 aliphatic carbocycles. The lowest BCUT2D eigenvalue weighted by atomic mass is 9.63. The Bertz CT molecular complexity index is 1650. The molecule has 3 aromatic heterocycles. The number of fused-ring (bicyclic) bond motifs is 1. The lowest BCUT2D eigenvalue weighted by Crippen LogP contribution is -2.42. The largest absolute Gasteiger partial charge is 0.496 e. The Balaban J connectivity index is 1.13. The number of rotatable bonds is 6. The number of nitrogens with zero attached hydrogens (tertiary/aromatic N) is 4. The summed E-state index contributed by atoms with van der Waals surface area (Å²) in [5.41, 5.74) is 5.99. The number of hydrogen-bond donors (Lipinski definition) is 1. The highest BCUT2D eigenvalue weighted by molar-refractivity contribution is 6.33. The van der Waals surface area contributed by atoms with E-state index in [1.54, 1.807) is 19.5 Å². The molecule has 0 unspecified atom stereocenters. The van der Waals surface area contributed by atoms with E-state index in [0.29, 0.717) is 22.2 Å². The number of ether oxygens (including phenoxy) is 1. The molecule has 7 rings (SSSR count). The fourth-order valence-corrected chi connectivity index (χ4v) is 6.27. The average molecular weight is 543 g/mol. The summed E-state index contributed by atoms with van der Waals surface area (Å²) in [5, 5.41) is 15.2. The van der Waals surface area contributed by atoms with Crippen molar-refractivity contribution in [3.8, 4) is 17.0 Å². The maximum absolute atomic E-state index is 11.4. The van der Waals surface area contributed by atoms with Crippen LogP contribution in [0, 0.1) is 5.41 Å². The predicted octanol–water partition coefficient (Wildman–Crippen LogP) is 6.60. The number of hydrogen-bond acceptors (Lipinski definition) is 7. The fraction of sp³-hybridized carbons (Fsp3) is 0.333. The van der Waals surface area contributed by atoms with Crippen LogP contribution in [-0.4, -0.2) is 46.4 Å². The van der Waals surface area contributed by atoms with Gasteiger partial charge in [0.15, 0.2) is 5.69 Å². The van der Waals surface area contributed by atoms with E-state index in [-0.39, 0.29) is 11.1 Å². The van der Waals surface area contributed by atoms with E-state index in [9.17, 15) is 9.90 Å². The molecule has 0 amide bonds. The van der Waals surface area contributed by atoms with Crippen LogP contribution in [0.4, 0.5) is 5.69 Å². The number of anilines is 1. The maximum Gasteiger partial charge on any atom is 0.354 e. The van der Waals surface area contributed by atoms with Gasteiger partial charge in [0.05, 0.1) is 17.6 Å². The normalized spacial score (nSPS) is 18.2. The summed E-state index contributed by atoms with van der Waals surface area (Å²) in [5.74, 6) is 0.901. The van der Waals surface area contributed by atoms with Crippen LogP contribution >= 0.6 is 11.6 Å². The van der Waals surface area contributed by atoms with Gasteiger partial charge in [-0.2, -0.15) is 0 Å². The Morgan fingerprint density at radius 2 is 2.00 bits per heavy atom. The minimum Gasteiger partial charge on any atom is -0.496 e. The van der Waals surface area contributed by atoms with Crippen molar-refractivity contribution in [1.29, 1.82) is 0 Å². The number of allylic oxidation sites excluding steroid dienone is 2. The predicted molar refractivity (Wildman–Crippen MR) is 148 cm³/mol. The lowest BCUT2D eigenvalue weighted by molar-refractivity contribution is 0.0690. The molecular formula is C30H27ClN4O4. The third kappa shape index (κ3) is 4.14. The molecule has 0 bridgehead atoms. The van der Waals surface area contributed by atoms with Crippen molar-refractivity contribution < 1.29 is 19.2 Å². The number of piperidine rings is 1. The number of aromatic carboxylic acids is 1. The highest BCUT2D eigenvalue weighted by Gasteiger charge is 2.44. The van der Waals surface area contributed by atoms with Gasteiger partial charge in [0.2, 0.25) is 0 Å². The molecule has 1 spiro atoms. The molecule has 3 aliphatic rings. The van der Waals surface area contributed by atoms with Gasteiger partial charge in [-0.05, 0) is 67.4 Å². The van der Waals surface area contributed by atoms with Crippen LogP contribution in [0.3, 0.4) is 0 Å². The van der Waals surface area contributed by atoms with E-state index in [1.807, 2.05) is 18.2 Å². The van der Waals surface area contributed by atoms with Gasteiger partial charge in [0.25, 0.3) is 0 Å². The second-order valence-corrected chi connectivity index (χ2v) is 11.2. The molecule has 9 heteroatoms. The second-order valence-electron chi connectivity index (χ2n) is 10.8. The lowest BCUT2D eigenvalue weighted by Gasteiger charge is -2.47. The first-order valence-corrected chi connectivity index (χ1v) is 13.6. The van der Waals surface area contributed by atoms with E-state index in [1.165, 1.54) is 11.6 Å². The Hall–Kier alpha value is -3.91. The summed E-state index contributed by atoms with van der Waals surface area (Å²) in [6, 6.07) is 9.34. The number of methoxy groups -OCH3 is 1. The third-order valence-electron chi connectivity index (χ3n) is 8.36. The van der Waals surface area contributed by atoms with Crippen molar-refractivity contribution in [1.82, 2.24) is 15.1 Å². The van der Waals surface area contributed by atoms with E-state index in [2.05, 4.69) is 32.2 Å². The van der Waals surface area contributed by atoms with Crippen LogP contribution in [-0.2, 0) is 0 Å². The molecular weight excluding hydrogens is 516 g/mol. The zero-order valence-corrected chi connectivity index (χ0v) is 22.2. The Labute approximate surface area is 230 Å². The van der Waals surface area contributed by atoms with Gasteiger partial charge in [0.1, 0.15) is 17.2 Å². The van der Waals surface area contributed by atoms with Crippen LogP contribution in [0.1, 0.15) is 59.8 Å². The van der Waals surface area contributed by atoms with Crippen molar-refractivity contribution in [2.24, 2.45) is 5.41 Å². The molecule has 1 aliphatic heterocycles. The van der Waals surface area contributed by atoms with Gasteiger partial charge in [-0.25, -0.2) is 9.78 Å². The van der Waals surface area contributed by atoms with Crippen LogP contribution in [0.15, 0.2) is 53.3 Å². The van der Waals surface area contributed by atoms with Gasteiger partial charge < -0.3 is 19.3 Å². The standard InChI is InChI=1S/C30H27ClN4O4/c1-38-25-13-24(29(36)37)33-23-5-4-19(12-21(23)25)35-10-7-30(8-11-35)14-18(15-30)26-27(20-6-9-32-16-22(20)31)34-39-28(26)17-2-3-17/h4-6,9,12-14,16-17H,2-3,7-8,10-11,15H2,1H3,(H,36,37). The molecule has 0 atom stereocenters. The molecule has 1 aromatic carbocycles. The van der Waals surface area contributed by atoms with Crippen LogP contribution < -0.4 is 9.64 Å². The number of carboxylic acid groups (broad SMARTS) is 1. The monoisotopic (exact) mass is 542 g/mol. The number of halogens is 1. The summed E-state index contributed by atoms with van der Waals surface area (Å²) in [4.78, 5) is 22.2. The van der Waals surface area contributed by atoms with Crippen LogP contribution in [0.2, 0.25) is 5.02 Å². The molecule has 1 saturated heterocycles. The van der Waals surface area contributed by atoms with Crippen molar-refractivity contribution in [2.75, 3.05) is 25.1 Å². The molecule has 8 nitrogen and oxygen atoms in total. The van der Waals surface area contributed by atoms with Crippen LogP contribution in [0.5, 0.6) is 5.75 Å². The molecule has 4 heterocycles. The van der Waals surface area contributed by atoms with E-state index in [0.717, 1.165) is 78.8 Å². The minimum atomic E-state index is -1.07. The summed E-state index contributed by atoms with van der Waals surface area (Å²) in [7, 11) is 1.55. The molecule has 198 valence electrons. The fourth-order valence-electron chi connectivity index (χ4n) is 6.06. The molecule has 39 heavy (non-hydrogen) atoms. The Kier molecular flexibility index (Phi) is 5.63. The molecule has 1 N–H and O–H groups in total.